The highest BCUT2D eigenvalue weighted by molar-refractivity contribution is 5.86. The van der Waals surface area contributed by atoms with E-state index in [-0.39, 0.29) is 17.0 Å². The second-order valence-electron chi connectivity index (χ2n) is 11.1. The van der Waals surface area contributed by atoms with Crippen LogP contribution in [0.1, 0.15) is 52.4 Å². The molecule has 0 bridgehead atoms. The number of hydrogen-bond acceptors (Lipinski definition) is 2. The molecule has 0 aromatic heterocycles. The number of nitrogens with zero attached hydrogens (tertiary/aromatic N) is 1. The Balaban J connectivity index is 1.42. The smallest absolute Gasteiger partial charge is 0.153 e. The van der Waals surface area contributed by atoms with Crippen LogP contribution in [-0.4, -0.2) is 11.6 Å². The first kappa shape index (κ1) is 18.8. The van der Waals surface area contributed by atoms with Crippen molar-refractivity contribution in [2.75, 3.05) is 4.90 Å². The molecule has 2 aromatic carbocycles. The average Bonchev–Trinajstić information content (AvgIpc) is 3.44. The van der Waals surface area contributed by atoms with Crippen molar-refractivity contribution in [3.63, 3.8) is 0 Å². The molecule has 0 radical (unpaired) electrons. The van der Waals surface area contributed by atoms with Gasteiger partial charge >= 0.3 is 0 Å². The summed E-state index contributed by atoms with van der Waals surface area (Å²) in [6, 6.07) is 16.0. The van der Waals surface area contributed by atoms with Gasteiger partial charge in [0.25, 0.3) is 0 Å². The third-order valence-corrected chi connectivity index (χ3v) is 9.45. The topological polar surface area (TPSA) is 12.5 Å². The molecule has 1 saturated carbocycles. The molecule has 0 amide bonds. The third kappa shape index (κ3) is 2.22. The summed E-state index contributed by atoms with van der Waals surface area (Å²) in [7, 11) is 0. The van der Waals surface area contributed by atoms with Crippen molar-refractivity contribution in [3.8, 4) is 0 Å². The molecule has 3 aliphatic carbocycles. The van der Waals surface area contributed by atoms with Crippen LogP contribution in [-0.2, 0) is 4.74 Å². The molecule has 5 aliphatic rings. The van der Waals surface area contributed by atoms with Gasteiger partial charge in [0.15, 0.2) is 5.76 Å². The summed E-state index contributed by atoms with van der Waals surface area (Å²) in [4.78, 5) is 2.77. The molecule has 2 aliphatic heterocycles. The van der Waals surface area contributed by atoms with Crippen LogP contribution in [0.25, 0.3) is 10.8 Å². The maximum atomic E-state index is 6.42. The van der Waals surface area contributed by atoms with Gasteiger partial charge in [-0.1, -0.05) is 62.4 Å². The molecule has 2 aromatic rings. The zero-order chi connectivity index (χ0) is 21.7. The number of rotatable bonds is 1. The Bertz CT molecular complexity index is 1280. The number of ether oxygens (including phenoxy) is 1. The SMILES string of the molecule is C=C1C2=C(CC3(C)C1N(c1ccc4ccccc4c1)C1(C)CCCCC31)[C@@H]1CC=C=C1O2. The molecule has 0 spiro atoms. The number of anilines is 1. The fraction of sp³-hybridized carbons (Fsp3) is 0.433. The summed E-state index contributed by atoms with van der Waals surface area (Å²) in [5.41, 5.74) is 7.74. The fourth-order valence-electron chi connectivity index (χ4n) is 8.20. The minimum atomic E-state index is 0.148. The summed E-state index contributed by atoms with van der Waals surface area (Å²) in [6.07, 6.45) is 9.55. The van der Waals surface area contributed by atoms with Crippen LogP contribution < -0.4 is 4.90 Å². The first-order valence-corrected chi connectivity index (χ1v) is 12.3. The molecule has 2 heterocycles. The lowest BCUT2D eigenvalue weighted by Gasteiger charge is -2.45. The van der Waals surface area contributed by atoms with Crippen LogP contribution in [0.4, 0.5) is 5.69 Å². The molecule has 162 valence electrons. The lowest BCUT2D eigenvalue weighted by molar-refractivity contribution is 0.120. The highest BCUT2D eigenvalue weighted by Crippen LogP contribution is 2.66. The second kappa shape index (κ2) is 6.21. The van der Waals surface area contributed by atoms with Crippen LogP contribution in [0.5, 0.6) is 0 Å². The lowest BCUT2D eigenvalue weighted by Crippen LogP contribution is -2.50. The summed E-state index contributed by atoms with van der Waals surface area (Å²) in [6.45, 7) is 9.82. The molecule has 1 saturated heterocycles. The molecule has 2 nitrogen and oxygen atoms in total. The highest BCUT2D eigenvalue weighted by atomic mass is 16.5. The predicted molar refractivity (Wildman–Crippen MR) is 130 cm³/mol. The van der Waals surface area contributed by atoms with Crippen LogP contribution >= 0.6 is 0 Å². The summed E-state index contributed by atoms with van der Waals surface area (Å²) in [5, 5.41) is 2.62. The number of allylic oxidation sites excluding steroid dienone is 1. The quantitative estimate of drug-likeness (QED) is 0.448. The van der Waals surface area contributed by atoms with Crippen molar-refractivity contribution >= 4 is 16.5 Å². The van der Waals surface area contributed by atoms with Crippen molar-refractivity contribution in [2.45, 2.75) is 64.0 Å². The molecule has 7 rings (SSSR count). The zero-order valence-corrected chi connectivity index (χ0v) is 19.2. The van der Waals surface area contributed by atoms with E-state index in [2.05, 4.69) is 73.0 Å². The Morgan fingerprint density at radius 2 is 1.94 bits per heavy atom. The zero-order valence-electron chi connectivity index (χ0n) is 19.2. The van der Waals surface area contributed by atoms with Gasteiger partial charge in [-0.25, -0.2) is 0 Å². The van der Waals surface area contributed by atoms with E-state index in [9.17, 15) is 0 Å². The first-order chi connectivity index (χ1) is 15.5. The van der Waals surface area contributed by atoms with E-state index < -0.39 is 0 Å². The Morgan fingerprint density at radius 3 is 2.81 bits per heavy atom. The summed E-state index contributed by atoms with van der Waals surface area (Å²) in [5.74, 6) is 3.18. The van der Waals surface area contributed by atoms with E-state index >= 15 is 0 Å². The maximum absolute atomic E-state index is 6.42. The van der Waals surface area contributed by atoms with Gasteiger partial charge in [0.1, 0.15) is 5.76 Å². The minimum absolute atomic E-state index is 0.148. The van der Waals surface area contributed by atoms with Crippen LogP contribution in [0.15, 0.2) is 83.5 Å². The normalized spacial score (nSPS) is 37.2. The number of benzene rings is 2. The van der Waals surface area contributed by atoms with Gasteiger partial charge in [-0.2, -0.15) is 0 Å². The monoisotopic (exact) mass is 421 g/mol. The molecular weight excluding hydrogens is 390 g/mol. The van der Waals surface area contributed by atoms with Crippen LogP contribution in [0, 0.1) is 17.3 Å². The van der Waals surface area contributed by atoms with Gasteiger partial charge < -0.3 is 9.64 Å². The summed E-state index contributed by atoms with van der Waals surface area (Å²) < 4.78 is 6.42. The summed E-state index contributed by atoms with van der Waals surface area (Å²) >= 11 is 0. The molecule has 32 heavy (non-hydrogen) atoms. The van der Waals surface area contributed by atoms with Gasteiger partial charge in [0, 0.05) is 22.2 Å². The van der Waals surface area contributed by atoms with Gasteiger partial charge in [-0.05, 0) is 73.1 Å². The fourth-order valence-corrected chi connectivity index (χ4v) is 8.20. The maximum Gasteiger partial charge on any atom is 0.153 e. The van der Waals surface area contributed by atoms with Crippen molar-refractivity contribution in [2.24, 2.45) is 17.3 Å². The van der Waals surface area contributed by atoms with E-state index in [0.29, 0.717) is 11.8 Å². The van der Waals surface area contributed by atoms with Crippen LogP contribution in [0.2, 0.25) is 0 Å². The Labute approximate surface area is 190 Å². The van der Waals surface area contributed by atoms with E-state index in [1.165, 1.54) is 53.3 Å². The minimum Gasteiger partial charge on any atom is -0.453 e. The van der Waals surface area contributed by atoms with E-state index in [1.54, 1.807) is 0 Å². The third-order valence-electron chi connectivity index (χ3n) is 9.45. The van der Waals surface area contributed by atoms with E-state index in [4.69, 9.17) is 11.3 Å². The Hall–Kier alpha value is -2.70. The van der Waals surface area contributed by atoms with Gasteiger partial charge in [-0.3, -0.25) is 0 Å². The number of fused-ring (bicyclic) bond motifs is 6. The van der Waals surface area contributed by atoms with Crippen molar-refractivity contribution in [1.29, 1.82) is 0 Å². The predicted octanol–water partition coefficient (Wildman–Crippen LogP) is 7.29. The van der Waals surface area contributed by atoms with Crippen LogP contribution in [0.3, 0.4) is 0 Å². The average molecular weight is 422 g/mol. The van der Waals surface area contributed by atoms with Gasteiger partial charge in [0.2, 0.25) is 0 Å². The van der Waals surface area contributed by atoms with Gasteiger partial charge in [0.05, 0.1) is 12.0 Å². The first-order valence-electron chi connectivity index (χ1n) is 12.3. The lowest BCUT2D eigenvalue weighted by atomic mass is 9.58. The molecule has 5 atom stereocenters. The van der Waals surface area contributed by atoms with Crippen molar-refractivity contribution < 1.29 is 4.74 Å². The molecule has 0 N–H and O–H groups in total. The van der Waals surface area contributed by atoms with Gasteiger partial charge in [-0.15, -0.1) is 0 Å². The Kier molecular flexibility index (Phi) is 3.65. The molecule has 2 fully saturated rings. The second-order valence-corrected chi connectivity index (χ2v) is 11.1. The Morgan fingerprint density at radius 1 is 1.09 bits per heavy atom. The largest absolute Gasteiger partial charge is 0.453 e. The van der Waals surface area contributed by atoms with E-state index in [1.807, 2.05) is 0 Å². The highest BCUT2D eigenvalue weighted by Gasteiger charge is 2.66. The molecule has 4 unspecified atom stereocenters. The van der Waals surface area contributed by atoms with Crippen molar-refractivity contribution in [3.05, 3.63) is 83.5 Å². The molecular formula is C30H31NO. The van der Waals surface area contributed by atoms with Crippen molar-refractivity contribution in [1.82, 2.24) is 0 Å². The number of hydrogen-bond donors (Lipinski definition) is 0. The molecule has 2 heteroatoms. The standard InChI is InChI=1S/C30H31NO/c1-19-27-24(23-11-8-12-25(23)32-27)18-29(2)26-13-6-7-16-30(26,3)31(28(19)29)22-15-14-20-9-4-5-10-21(20)17-22/h4-5,8-10,14-15,17,23,26,28H,1,6-7,11,13,16,18H2,2-3H3/t23-,26?,28?,29?,30?/m0/s1. The van der Waals surface area contributed by atoms with E-state index in [0.717, 1.165) is 24.4 Å².